The maximum absolute atomic E-state index is 5.10. The molecule has 0 aromatic rings. The Hall–Kier alpha value is -0.120. The monoisotopic (exact) mass is 187 g/mol. The first-order valence-corrected chi connectivity index (χ1v) is 5.05. The molecule has 0 spiro atoms. The molecule has 13 heavy (non-hydrogen) atoms. The summed E-state index contributed by atoms with van der Waals surface area (Å²) in [6.45, 7) is 3.11. The van der Waals surface area contributed by atoms with Gasteiger partial charge in [0.1, 0.15) is 0 Å². The fraction of sp³-hybridized carbons (Fsp3) is 1.00. The number of hydrogen-bond donors (Lipinski definition) is 1. The maximum atomic E-state index is 5.10. The summed E-state index contributed by atoms with van der Waals surface area (Å²) in [6, 6.07) is 0.669. The number of methoxy groups -OCH3 is 2. The average molecular weight is 187 g/mol. The number of rotatable bonds is 5. The Morgan fingerprint density at radius 2 is 2.00 bits per heavy atom. The first kappa shape index (κ1) is 11.0. The van der Waals surface area contributed by atoms with Crippen LogP contribution in [0.15, 0.2) is 0 Å². The molecule has 3 heteroatoms. The lowest BCUT2D eigenvalue weighted by molar-refractivity contribution is -0.0998. The minimum Gasteiger partial charge on any atom is -0.355 e. The van der Waals surface area contributed by atoms with E-state index in [4.69, 9.17) is 9.47 Å². The van der Waals surface area contributed by atoms with Crippen molar-refractivity contribution < 1.29 is 9.47 Å². The fourth-order valence-electron chi connectivity index (χ4n) is 1.92. The molecule has 1 N–H and O–H groups in total. The van der Waals surface area contributed by atoms with Crippen LogP contribution in [0.1, 0.15) is 26.2 Å². The van der Waals surface area contributed by atoms with E-state index in [0.717, 1.165) is 12.5 Å². The molecule has 0 heterocycles. The highest BCUT2D eigenvalue weighted by Crippen LogP contribution is 2.24. The van der Waals surface area contributed by atoms with E-state index in [1.165, 1.54) is 19.3 Å². The van der Waals surface area contributed by atoms with E-state index in [0.29, 0.717) is 6.04 Å². The van der Waals surface area contributed by atoms with Crippen LogP contribution in [0.3, 0.4) is 0 Å². The second kappa shape index (κ2) is 5.58. The average Bonchev–Trinajstić information content (AvgIpc) is 2.53. The van der Waals surface area contributed by atoms with E-state index in [-0.39, 0.29) is 6.29 Å². The van der Waals surface area contributed by atoms with Crippen LogP contribution in [-0.4, -0.2) is 33.1 Å². The zero-order chi connectivity index (χ0) is 9.68. The lowest BCUT2D eigenvalue weighted by Gasteiger charge is -2.17. The number of nitrogens with one attached hydrogen (secondary N) is 1. The molecule has 1 saturated carbocycles. The van der Waals surface area contributed by atoms with Gasteiger partial charge in [0.2, 0.25) is 0 Å². The van der Waals surface area contributed by atoms with Gasteiger partial charge in [0.25, 0.3) is 0 Å². The second-order valence-corrected chi connectivity index (χ2v) is 3.92. The summed E-state index contributed by atoms with van der Waals surface area (Å²) >= 11 is 0. The molecule has 2 atom stereocenters. The molecular weight excluding hydrogens is 166 g/mol. The van der Waals surface area contributed by atoms with E-state index < -0.39 is 0 Å². The third kappa shape index (κ3) is 3.63. The summed E-state index contributed by atoms with van der Waals surface area (Å²) in [4.78, 5) is 0. The standard InChI is InChI=1S/C10H21NO2/c1-8-4-5-9(6-8)11-7-10(12-2)13-3/h8-11H,4-7H2,1-3H3. The van der Waals surface area contributed by atoms with Crippen LogP contribution in [0, 0.1) is 5.92 Å². The van der Waals surface area contributed by atoms with Gasteiger partial charge in [-0.05, 0) is 25.2 Å². The summed E-state index contributed by atoms with van der Waals surface area (Å²) in [5.41, 5.74) is 0. The van der Waals surface area contributed by atoms with Crippen molar-refractivity contribution in [1.82, 2.24) is 5.32 Å². The minimum atomic E-state index is -0.101. The highest BCUT2D eigenvalue weighted by Gasteiger charge is 2.21. The predicted molar refractivity (Wildman–Crippen MR) is 52.6 cm³/mol. The van der Waals surface area contributed by atoms with Crippen molar-refractivity contribution in [2.24, 2.45) is 5.92 Å². The Labute approximate surface area is 80.8 Å². The van der Waals surface area contributed by atoms with Gasteiger partial charge in [-0.3, -0.25) is 0 Å². The van der Waals surface area contributed by atoms with Crippen LogP contribution >= 0.6 is 0 Å². The first-order chi connectivity index (χ1) is 6.26. The van der Waals surface area contributed by atoms with Crippen LogP contribution in [0.2, 0.25) is 0 Å². The molecule has 0 saturated heterocycles. The second-order valence-electron chi connectivity index (χ2n) is 3.92. The van der Waals surface area contributed by atoms with Crippen molar-refractivity contribution >= 4 is 0 Å². The Morgan fingerprint density at radius 3 is 2.46 bits per heavy atom. The van der Waals surface area contributed by atoms with Crippen molar-refractivity contribution in [3.63, 3.8) is 0 Å². The molecule has 3 nitrogen and oxygen atoms in total. The van der Waals surface area contributed by atoms with Gasteiger partial charge >= 0.3 is 0 Å². The van der Waals surface area contributed by atoms with E-state index >= 15 is 0 Å². The summed E-state index contributed by atoms with van der Waals surface area (Å²) in [6.07, 6.45) is 3.83. The zero-order valence-electron chi connectivity index (χ0n) is 8.88. The highest BCUT2D eigenvalue weighted by molar-refractivity contribution is 4.78. The maximum Gasteiger partial charge on any atom is 0.169 e. The normalized spacial score (nSPS) is 28.6. The topological polar surface area (TPSA) is 30.5 Å². The van der Waals surface area contributed by atoms with Gasteiger partial charge in [0.15, 0.2) is 6.29 Å². The van der Waals surface area contributed by atoms with E-state index in [1.807, 2.05) is 0 Å². The largest absolute Gasteiger partial charge is 0.355 e. The Morgan fingerprint density at radius 1 is 1.31 bits per heavy atom. The van der Waals surface area contributed by atoms with E-state index in [9.17, 15) is 0 Å². The Bertz CT molecular complexity index is 137. The number of ether oxygens (including phenoxy) is 2. The molecule has 1 aliphatic carbocycles. The highest BCUT2D eigenvalue weighted by atomic mass is 16.7. The van der Waals surface area contributed by atoms with Crippen molar-refractivity contribution in [2.75, 3.05) is 20.8 Å². The van der Waals surface area contributed by atoms with Gasteiger partial charge < -0.3 is 14.8 Å². The summed E-state index contributed by atoms with van der Waals surface area (Å²) in [5, 5.41) is 3.46. The van der Waals surface area contributed by atoms with Crippen LogP contribution in [0.4, 0.5) is 0 Å². The molecule has 1 rings (SSSR count). The molecular formula is C10H21NO2. The Balaban J connectivity index is 2.11. The smallest absolute Gasteiger partial charge is 0.169 e. The third-order valence-corrected chi connectivity index (χ3v) is 2.79. The molecule has 78 valence electrons. The molecule has 0 aromatic carbocycles. The van der Waals surface area contributed by atoms with E-state index in [1.54, 1.807) is 14.2 Å². The van der Waals surface area contributed by atoms with Crippen LogP contribution < -0.4 is 5.32 Å². The fourth-order valence-corrected chi connectivity index (χ4v) is 1.92. The van der Waals surface area contributed by atoms with Crippen molar-refractivity contribution in [3.8, 4) is 0 Å². The van der Waals surface area contributed by atoms with Gasteiger partial charge in [0.05, 0.1) is 0 Å². The van der Waals surface area contributed by atoms with Crippen molar-refractivity contribution in [3.05, 3.63) is 0 Å². The molecule has 0 amide bonds. The molecule has 0 bridgehead atoms. The molecule has 2 unspecified atom stereocenters. The predicted octanol–water partition coefficient (Wildman–Crippen LogP) is 1.38. The molecule has 0 radical (unpaired) electrons. The van der Waals surface area contributed by atoms with Gasteiger partial charge in [-0.2, -0.15) is 0 Å². The van der Waals surface area contributed by atoms with E-state index in [2.05, 4.69) is 12.2 Å². The van der Waals surface area contributed by atoms with Gasteiger partial charge in [-0.1, -0.05) is 6.92 Å². The molecule has 0 aliphatic heterocycles. The molecule has 1 aliphatic rings. The zero-order valence-corrected chi connectivity index (χ0v) is 8.88. The van der Waals surface area contributed by atoms with Crippen LogP contribution in [0.25, 0.3) is 0 Å². The minimum absolute atomic E-state index is 0.101. The Kier molecular flexibility index (Phi) is 4.70. The number of hydrogen-bond acceptors (Lipinski definition) is 3. The van der Waals surface area contributed by atoms with Gasteiger partial charge in [-0.15, -0.1) is 0 Å². The van der Waals surface area contributed by atoms with Gasteiger partial charge in [0, 0.05) is 26.8 Å². The SMILES string of the molecule is COC(CNC1CCC(C)C1)OC. The molecule has 1 fully saturated rings. The van der Waals surface area contributed by atoms with Crippen LogP contribution in [0.5, 0.6) is 0 Å². The quantitative estimate of drug-likeness (QED) is 0.660. The summed E-state index contributed by atoms with van der Waals surface area (Å²) < 4.78 is 10.2. The van der Waals surface area contributed by atoms with Crippen LogP contribution in [-0.2, 0) is 9.47 Å². The summed E-state index contributed by atoms with van der Waals surface area (Å²) in [7, 11) is 3.35. The van der Waals surface area contributed by atoms with Gasteiger partial charge in [-0.25, -0.2) is 0 Å². The van der Waals surface area contributed by atoms with Crippen molar-refractivity contribution in [2.45, 2.75) is 38.5 Å². The third-order valence-electron chi connectivity index (χ3n) is 2.79. The first-order valence-electron chi connectivity index (χ1n) is 5.05. The van der Waals surface area contributed by atoms with Crippen molar-refractivity contribution in [1.29, 1.82) is 0 Å². The lowest BCUT2D eigenvalue weighted by Crippen LogP contribution is -2.35. The summed E-state index contributed by atoms with van der Waals surface area (Å²) in [5.74, 6) is 0.876. The lowest BCUT2D eigenvalue weighted by atomic mass is 10.1. The molecule has 0 aromatic heterocycles.